The average molecular weight is 178 g/mol. The van der Waals surface area contributed by atoms with E-state index >= 15 is 0 Å². The second-order valence-corrected chi connectivity index (χ2v) is 5.22. The van der Waals surface area contributed by atoms with Crippen LogP contribution >= 0.6 is 0 Å². The molecule has 0 radical (unpaired) electrons. The van der Waals surface area contributed by atoms with Gasteiger partial charge in [-0.05, 0) is 12.3 Å². The maximum absolute atomic E-state index is 5.96. The molecule has 4 aliphatic rings. The molecular weight excluding hydrogens is 164 g/mol. The highest BCUT2D eigenvalue weighted by Gasteiger charge is 2.81. The molecule has 0 aromatic heterocycles. The van der Waals surface area contributed by atoms with Crippen molar-refractivity contribution in [3.63, 3.8) is 0 Å². The Bertz CT molecular complexity index is 311. The molecule has 3 aliphatic carbocycles. The fraction of sp³-hybridized carbons (Fsp3) is 0.818. The first-order valence-corrected chi connectivity index (χ1v) is 5.19. The minimum absolute atomic E-state index is 0.175. The fourth-order valence-corrected chi connectivity index (χ4v) is 4.29. The first-order chi connectivity index (χ1) is 6.28. The van der Waals surface area contributed by atoms with Crippen molar-refractivity contribution in [3.05, 3.63) is 12.2 Å². The topological polar surface area (TPSA) is 18.5 Å². The Morgan fingerprint density at radius 1 is 1.46 bits per heavy atom. The molecule has 2 nitrogen and oxygen atoms in total. The molecule has 2 heteroatoms. The zero-order chi connectivity index (χ0) is 8.68. The molecule has 0 aromatic carbocycles. The van der Waals surface area contributed by atoms with Gasteiger partial charge in [-0.1, -0.05) is 19.1 Å². The van der Waals surface area contributed by atoms with Gasteiger partial charge in [0.05, 0.1) is 12.2 Å². The maximum Gasteiger partial charge on any atom is 0.147 e. The van der Waals surface area contributed by atoms with Gasteiger partial charge in [0.15, 0.2) is 0 Å². The standard InChI is InChI=1S/C11H14O2/c1-10-3-2-8-9-7(4-10)5-12-6-13-11(8,9)10/h2-3,7-9H,4-6H2,1H3. The van der Waals surface area contributed by atoms with Gasteiger partial charge in [-0.15, -0.1) is 0 Å². The molecule has 0 amide bonds. The summed E-state index contributed by atoms with van der Waals surface area (Å²) >= 11 is 0. The molecule has 2 saturated carbocycles. The summed E-state index contributed by atoms with van der Waals surface area (Å²) in [5.41, 5.74) is 0.505. The first-order valence-electron chi connectivity index (χ1n) is 5.19. The molecule has 13 heavy (non-hydrogen) atoms. The molecule has 1 saturated heterocycles. The van der Waals surface area contributed by atoms with Gasteiger partial charge in [0.1, 0.15) is 6.79 Å². The van der Waals surface area contributed by atoms with Gasteiger partial charge in [0.25, 0.3) is 0 Å². The third-order valence-electron chi connectivity index (χ3n) is 4.74. The molecular formula is C11H14O2. The van der Waals surface area contributed by atoms with Crippen LogP contribution < -0.4 is 0 Å². The Labute approximate surface area is 77.9 Å². The largest absolute Gasteiger partial charge is 0.355 e. The van der Waals surface area contributed by atoms with Crippen LogP contribution in [-0.4, -0.2) is 19.0 Å². The Morgan fingerprint density at radius 3 is 3.23 bits per heavy atom. The lowest BCUT2D eigenvalue weighted by molar-refractivity contribution is -0.135. The Balaban J connectivity index is 1.88. The van der Waals surface area contributed by atoms with Crippen molar-refractivity contribution in [1.29, 1.82) is 0 Å². The van der Waals surface area contributed by atoms with Crippen molar-refractivity contribution in [2.24, 2.45) is 23.2 Å². The maximum atomic E-state index is 5.96. The summed E-state index contributed by atoms with van der Waals surface area (Å²) in [5, 5.41) is 0. The van der Waals surface area contributed by atoms with Gasteiger partial charge >= 0.3 is 0 Å². The highest BCUT2D eigenvalue weighted by Crippen LogP contribution is 2.78. The predicted octanol–water partition coefficient (Wildman–Crippen LogP) is 1.57. The second-order valence-electron chi connectivity index (χ2n) is 5.22. The van der Waals surface area contributed by atoms with Crippen LogP contribution in [0.3, 0.4) is 0 Å². The minimum atomic E-state index is 0.175. The summed E-state index contributed by atoms with van der Waals surface area (Å²) in [5.74, 6) is 2.26. The number of hydrogen-bond donors (Lipinski definition) is 0. The van der Waals surface area contributed by atoms with Crippen LogP contribution in [0.1, 0.15) is 13.3 Å². The molecule has 1 aliphatic heterocycles. The van der Waals surface area contributed by atoms with Gasteiger partial charge in [-0.3, -0.25) is 0 Å². The van der Waals surface area contributed by atoms with Gasteiger partial charge in [-0.25, -0.2) is 0 Å². The molecule has 5 unspecified atom stereocenters. The predicted molar refractivity (Wildman–Crippen MR) is 47.0 cm³/mol. The SMILES string of the molecule is CC12C=CC3C4C(COCOC341)C2. The van der Waals surface area contributed by atoms with E-state index in [4.69, 9.17) is 9.47 Å². The Hall–Kier alpha value is -0.340. The van der Waals surface area contributed by atoms with E-state index in [9.17, 15) is 0 Å². The summed E-state index contributed by atoms with van der Waals surface area (Å²) < 4.78 is 11.4. The molecule has 2 bridgehead atoms. The lowest BCUT2D eigenvalue weighted by Gasteiger charge is -2.32. The van der Waals surface area contributed by atoms with Gasteiger partial charge in [-0.2, -0.15) is 0 Å². The molecule has 0 aromatic rings. The third-order valence-corrected chi connectivity index (χ3v) is 4.74. The monoisotopic (exact) mass is 178 g/mol. The summed E-state index contributed by atoms with van der Waals surface area (Å²) in [6.45, 7) is 3.79. The van der Waals surface area contributed by atoms with E-state index in [2.05, 4.69) is 19.1 Å². The van der Waals surface area contributed by atoms with E-state index < -0.39 is 0 Å². The quantitative estimate of drug-likeness (QED) is 0.524. The van der Waals surface area contributed by atoms with E-state index in [1.54, 1.807) is 0 Å². The Morgan fingerprint density at radius 2 is 2.38 bits per heavy atom. The molecule has 5 atom stereocenters. The van der Waals surface area contributed by atoms with Crippen LogP contribution in [-0.2, 0) is 9.47 Å². The number of rotatable bonds is 0. The van der Waals surface area contributed by atoms with Crippen LogP contribution in [0, 0.1) is 23.2 Å². The summed E-state index contributed by atoms with van der Waals surface area (Å²) in [7, 11) is 0. The van der Waals surface area contributed by atoms with Gasteiger partial charge < -0.3 is 9.47 Å². The fourth-order valence-electron chi connectivity index (χ4n) is 4.29. The van der Waals surface area contributed by atoms with E-state index in [0.29, 0.717) is 12.2 Å². The van der Waals surface area contributed by atoms with E-state index in [1.165, 1.54) is 6.42 Å². The molecule has 0 N–H and O–H groups in total. The van der Waals surface area contributed by atoms with E-state index in [0.717, 1.165) is 24.4 Å². The third kappa shape index (κ3) is 0.522. The van der Waals surface area contributed by atoms with Gasteiger partial charge in [0.2, 0.25) is 0 Å². The van der Waals surface area contributed by atoms with Gasteiger partial charge in [0, 0.05) is 17.3 Å². The first kappa shape index (κ1) is 7.02. The normalized spacial score (nSPS) is 66.4. The van der Waals surface area contributed by atoms with Crippen LogP contribution in [0.4, 0.5) is 0 Å². The lowest BCUT2D eigenvalue weighted by Crippen LogP contribution is -2.34. The van der Waals surface area contributed by atoms with Crippen LogP contribution in [0.15, 0.2) is 12.2 Å². The average Bonchev–Trinajstić information content (AvgIpc) is 2.65. The smallest absolute Gasteiger partial charge is 0.147 e. The van der Waals surface area contributed by atoms with E-state index in [-0.39, 0.29) is 5.60 Å². The lowest BCUT2D eigenvalue weighted by atomic mass is 9.82. The zero-order valence-electron chi connectivity index (χ0n) is 7.82. The number of ether oxygens (including phenoxy) is 2. The van der Waals surface area contributed by atoms with Crippen LogP contribution in [0.5, 0.6) is 0 Å². The number of hydrogen-bond acceptors (Lipinski definition) is 2. The van der Waals surface area contributed by atoms with Crippen molar-refractivity contribution in [2.75, 3.05) is 13.4 Å². The van der Waals surface area contributed by atoms with Crippen molar-refractivity contribution >= 4 is 0 Å². The molecule has 1 heterocycles. The highest BCUT2D eigenvalue weighted by molar-refractivity contribution is 5.41. The van der Waals surface area contributed by atoms with Crippen LogP contribution in [0.25, 0.3) is 0 Å². The molecule has 70 valence electrons. The molecule has 1 spiro atoms. The minimum Gasteiger partial charge on any atom is -0.355 e. The summed E-state index contributed by atoms with van der Waals surface area (Å²) in [6, 6.07) is 0. The van der Waals surface area contributed by atoms with Crippen LogP contribution in [0.2, 0.25) is 0 Å². The highest BCUT2D eigenvalue weighted by atomic mass is 16.7. The van der Waals surface area contributed by atoms with Crippen molar-refractivity contribution in [2.45, 2.75) is 18.9 Å². The summed E-state index contributed by atoms with van der Waals surface area (Å²) in [6.07, 6.45) is 6.04. The molecule has 4 rings (SSSR count). The second kappa shape index (κ2) is 1.73. The van der Waals surface area contributed by atoms with Crippen molar-refractivity contribution in [1.82, 2.24) is 0 Å². The van der Waals surface area contributed by atoms with Crippen molar-refractivity contribution in [3.8, 4) is 0 Å². The van der Waals surface area contributed by atoms with Crippen molar-refractivity contribution < 1.29 is 9.47 Å². The van der Waals surface area contributed by atoms with E-state index in [1.807, 2.05) is 0 Å². The Kier molecular flexibility index (Phi) is 0.935. The molecule has 3 fully saturated rings. The zero-order valence-corrected chi connectivity index (χ0v) is 7.82. The summed E-state index contributed by atoms with van der Waals surface area (Å²) in [4.78, 5) is 0.